The van der Waals surface area contributed by atoms with E-state index >= 15 is 0 Å². The first-order valence-corrected chi connectivity index (χ1v) is 9.34. The van der Waals surface area contributed by atoms with Crippen molar-refractivity contribution in [1.82, 2.24) is 4.72 Å². The van der Waals surface area contributed by atoms with E-state index in [1.165, 1.54) is 0 Å². The molecule has 1 unspecified atom stereocenters. The summed E-state index contributed by atoms with van der Waals surface area (Å²) >= 11 is 5.91. The SMILES string of the molecule is O=S(=O)(Cc1cccc(Cl)c1)NC1CCC12CCOCC2. The smallest absolute Gasteiger partial charge is 0.216 e. The van der Waals surface area contributed by atoms with Crippen molar-refractivity contribution in [3.63, 3.8) is 0 Å². The fourth-order valence-corrected chi connectivity index (χ4v) is 5.08. The largest absolute Gasteiger partial charge is 0.381 e. The maximum Gasteiger partial charge on any atom is 0.216 e. The molecule has 1 aliphatic carbocycles. The number of nitrogens with one attached hydrogen (secondary N) is 1. The van der Waals surface area contributed by atoms with Crippen LogP contribution >= 0.6 is 11.6 Å². The van der Waals surface area contributed by atoms with E-state index in [2.05, 4.69) is 4.72 Å². The molecule has 0 aromatic heterocycles. The molecule has 1 spiro atoms. The van der Waals surface area contributed by atoms with E-state index in [0.717, 1.165) is 44.5 Å². The van der Waals surface area contributed by atoms with Crippen LogP contribution in [0.2, 0.25) is 5.02 Å². The molecule has 1 aliphatic heterocycles. The molecular formula is C15H20ClNO3S. The highest BCUT2D eigenvalue weighted by atomic mass is 35.5. The van der Waals surface area contributed by atoms with Crippen LogP contribution in [0.5, 0.6) is 0 Å². The monoisotopic (exact) mass is 329 g/mol. The van der Waals surface area contributed by atoms with E-state index in [-0.39, 0.29) is 17.2 Å². The van der Waals surface area contributed by atoms with E-state index < -0.39 is 10.0 Å². The molecule has 1 saturated heterocycles. The van der Waals surface area contributed by atoms with E-state index in [0.29, 0.717) is 5.02 Å². The minimum Gasteiger partial charge on any atom is -0.381 e. The van der Waals surface area contributed by atoms with E-state index in [9.17, 15) is 8.42 Å². The zero-order chi connectivity index (χ0) is 14.9. The van der Waals surface area contributed by atoms with Gasteiger partial charge in [0.05, 0.1) is 5.75 Å². The Bertz CT molecular complexity index is 611. The molecule has 2 fully saturated rings. The Kier molecular flexibility index (Phi) is 4.28. The van der Waals surface area contributed by atoms with Crippen LogP contribution < -0.4 is 4.72 Å². The molecule has 2 aliphatic rings. The summed E-state index contributed by atoms with van der Waals surface area (Å²) in [5, 5.41) is 0.562. The van der Waals surface area contributed by atoms with Crippen molar-refractivity contribution in [3.8, 4) is 0 Å². The van der Waals surface area contributed by atoms with Gasteiger partial charge in [0.2, 0.25) is 10.0 Å². The van der Waals surface area contributed by atoms with Gasteiger partial charge in [-0.3, -0.25) is 0 Å². The first-order valence-electron chi connectivity index (χ1n) is 7.31. The lowest BCUT2D eigenvalue weighted by atomic mass is 9.60. The topological polar surface area (TPSA) is 55.4 Å². The molecule has 1 atom stereocenters. The second kappa shape index (κ2) is 5.88. The van der Waals surface area contributed by atoms with Gasteiger partial charge in [-0.15, -0.1) is 0 Å². The van der Waals surface area contributed by atoms with Crippen LogP contribution in [-0.4, -0.2) is 27.7 Å². The standard InChI is InChI=1S/C15H20ClNO3S/c16-13-3-1-2-12(10-13)11-21(18,19)17-14-4-5-15(14)6-8-20-9-7-15/h1-3,10,14,17H,4-9,11H2. The Morgan fingerprint density at radius 3 is 2.67 bits per heavy atom. The lowest BCUT2D eigenvalue weighted by molar-refractivity contribution is -0.0483. The molecule has 21 heavy (non-hydrogen) atoms. The van der Waals surface area contributed by atoms with Crippen LogP contribution in [-0.2, 0) is 20.5 Å². The molecule has 1 N–H and O–H groups in total. The molecule has 1 aromatic rings. The van der Waals surface area contributed by atoms with Gasteiger partial charge in [0.1, 0.15) is 0 Å². The molecule has 1 aromatic carbocycles. The molecular weight excluding hydrogens is 310 g/mol. The molecule has 1 heterocycles. The van der Waals surface area contributed by atoms with Crippen molar-refractivity contribution in [2.75, 3.05) is 13.2 Å². The molecule has 0 bridgehead atoms. The fraction of sp³-hybridized carbons (Fsp3) is 0.600. The Morgan fingerprint density at radius 1 is 1.29 bits per heavy atom. The maximum atomic E-state index is 12.4. The average molecular weight is 330 g/mol. The van der Waals surface area contributed by atoms with Crippen molar-refractivity contribution in [1.29, 1.82) is 0 Å². The Balaban J connectivity index is 1.66. The maximum absolute atomic E-state index is 12.4. The highest BCUT2D eigenvalue weighted by Gasteiger charge is 2.48. The summed E-state index contributed by atoms with van der Waals surface area (Å²) in [5.74, 6) is -0.0172. The molecule has 1 saturated carbocycles. The van der Waals surface area contributed by atoms with Crippen molar-refractivity contribution in [2.45, 2.75) is 37.5 Å². The second-order valence-corrected chi connectivity index (χ2v) is 8.26. The Labute approximate surface area is 130 Å². The second-order valence-electron chi connectivity index (χ2n) is 6.07. The quantitative estimate of drug-likeness (QED) is 0.924. The van der Waals surface area contributed by atoms with Crippen LogP contribution in [0.3, 0.4) is 0 Å². The van der Waals surface area contributed by atoms with Gasteiger partial charge in [-0.05, 0) is 48.8 Å². The van der Waals surface area contributed by atoms with Crippen LogP contribution in [0, 0.1) is 5.41 Å². The van der Waals surface area contributed by atoms with Gasteiger partial charge in [-0.2, -0.15) is 0 Å². The van der Waals surface area contributed by atoms with Gasteiger partial charge in [0.25, 0.3) is 0 Å². The molecule has 6 heteroatoms. The summed E-state index contributed by atoms with van der Waals surface area (Å²) in [6.07, 6.45) is 3.93. The van der Waals surface area contributed by atoms with Crippen LogP contribution in [0.4, 0.5) is 0 Å². The summed E-state index contributed by atoms with van der Waals surface area (Å²) in [6, 6.07) is 7.07. The summed E-state index contributed by atoms with van der Waals surface area (Å²) < 4.78 is 33.0. The minimum absolute atomic E-state index is 0.0172. The summed E-state index contributed by atoms with van der Waals surface area (Å²) in [7, 11) is -3.34. The predicted molar refractivity (Wildman–Crippen MR) is 82.7 cm³/mol. The Hall–Kier alpha value is -0.620. The van der Waals surface area contributed by atoms with Crippen LogP contribution in [0.15, 0.2) is 24.3 Å². The first kappa shape index (κ1) is 15.3. The third kappa shape index (κ3) is 3.42. The van der Waals surface area contributed by atoms with Crippen molar-refractivity contribution in [3.05, 3.63) is 34.9 Å². The number of hydrogen-bond acceptors (Lipinski definition) is 3. The van der Waals surface area contributed by atoms with Gasteiger partial charge in [0, 0.05) is 24.3 Å². The first-order chi connectivity index (χ1) is 9.99. The molecule has 3 rings (SSSR count). The van der Waals surface area contributed by atoms with E-state index in [1.54, 1.807) is 24.3 Å². The lowest BCUT2D eigenvalue weighted by Crippen LogP contribution is -2.57. The number of rotatable bonds is 4. The number of ether oxygens (including phenoxy) is 1. The van der Waals surface area contributed by atoms with Gasteiger partial charge in [0.15, 0.2) is 0 Å². The predicted octanol–water partition coefficient (Wildman–Crippen LogP) is 2.72. The number of sulfonamides is 1. The summed E-state index contributed by atoms with van der Waals surface area (Å²) in [5.41, 5.74) is 0.843. The van der Waals surface area contributed by atoms with E-state index in [4.69, 9.17) is 16.3 Å². The molecule has 0 amide bonds. The highest BCUT2D eigenvalue weighted by molar-refractivity contribution is 7.88. The zero-order valence-corrected chi connectivity index (χ0v) is 13.4. The number of hydrogen-bond donors (Lipinski definition) is 1. The van der Waals surface area contributed by atoms with Gasteiger partial charge in [-0.25, -0.2) is 13.1 Å². The lowest BCUT2D eigenvalue weighted by Gasteiger charge is -2.51. The average Bonchev–Trinajstić information content (AvgIpc) is 2.44. The van der Waals surface area contributed by atoms with Crippen LogP contribution in [0.1, 0.15) is 31.2 Å². The van der Waals surface area contributed by atoms with Crippen molar-refractivity contribution in [2.24, 2.45) is 5.41 Å². The third-order valence-electron chi connectivity index (χ3n) is 4.73. The molecule has 4 nitrogen and oxygen atoms in total. The van der Waals surface area contributed by atoms with Crippen molar-refractivity contribution >= 4 is 21.6 Å². The fourth-order valence-electron chi connectivity index (χ4n) is 3.36. The van der Waals surface area contributed by atoms with E-state index in [1.807, 2.05) is 0 Å². The molecule has 116 valence electrons. The van der Waals surface area contributed by atoms with Crippen LogP contribution in [0.25, 0.3) is 0 Å². The normalized spacial score (nSPS) is 24.7. The minimum atomic E-state index is -3.34. The molecule has 0 radical (unpaired) electrons. The zero-order valence-electron chi connectivity index (χ0n) is 11.8. The number of benzene rings is 1. The summed E-state index contributed by atoms with van der Waals surface area (Å²) in [4.78, 5) is 0. The van der Waals surface area contributed by atoms with Crippen molar-refractivity contribution < 1.29 is 13.2 Å². The third-order valence-corrected chi connectivity index (χ3v) is 6.32. The Morgan fingerprint density at radius 2 is 2.05 bits per heavy atom. The van der Waals surface area contributed by atoms with Gasteiger partial charge >= 0.3 is 0 Å². The number of halogens is 1. The van der Waals surface area contributed by atoms with Gasteiger partial charge in [-0.1, -0.05) is 23.7 Å². The van der Waals surface area contributed by atoms with Gasteiger partial charge < -0.3 is 4.74 Å². The highest BCUT2D eigenvalue weighted by Crippen LogP contribution is 2.49. The summed E-state index contributed by atoms with van der Waals surface area (Å²) in [6.45, 7) is 1.49.